The summed E-state index contributed by atoms with van der Waals surface area (Å²) in [7, 11) is 0. The van der Waals surface area contributed by atoms with E-state index in [1.165, 1.54) is 6.42 Å². The summed E-state index contributed by atoms with van der Waals surface area (Å²) in [6.07, 6.45) is 2.83. The molecule has 1 saturated heterocycles. The maximum Gasteiger partial charge on any atom is 0.227 e. The number of nitrogens with zero attached hydrogens (tertiary/aromatic N) is 1. The molecule has 1 aromatic carbocycles. The third-order valence-electron chi connectivity index (χ3n) is 3.77. The number of anilines is 1. The molecule has 1 amide bonds. The number of nitrogen functional groups attached to an aromatic ring is 1. The maximum atomic E-state index is 12.3. The molecule has 2 unspecified atom stereocenters. The highest BCUT2D eigenvalue weighted by Crippen LogP contribution is 2.22. The van der Waals surface area contributed by atoms with Gasteiger partial charge in [-0.15, -0.1) is 0 Å². The van der Waals surface area contributed by atoms with Crippen LogP contribution in [0.3, 0.4) is 0 Å². The number of carbonyl (C=O) groups excluding carboxylic acids is 1. The number of carbonyl (C=O) groups is 1. The van der Waals surface area contributed by atoms with Crippen LogP contribution in [0.5, 0.6) is 0 Å². The molecule has 2 rings (SSSR count). The fourth-order valence-corrected chi connectivity index (χ4v) is 2.55. The summed E-state index contributed by atoms with van der Waals surface area (Å²) in [5, 5.41) is 0. The van der Waals surface area contributed by atoms with Gasteiger partial charge in [0.05, 0.1) is 6.42 Å². The van der Waals surface area contributed by atoms with Crippen molar-refractivity contribution in [3.8, 4) is 0 Å². The lowest BCUT2D eigenvalue weighted by atomic mass is 9.94. The highest BCUT2D eigenvalue weighted by molar-refractivity contribution is 5.79. The Morgan fingerprint density at radius 3 is 2.61 bits per heavy atom. The van der Waals surface area contributed by atoms with Gasteiger partial charge in [0.15, 0.2) is 0 Å². The normalized spacial score (nSPS) is 24.0. The van der Waals surface area contributed by atoms with E-state index < -0.39 is 0 Å². The Labute approximate surface area is 109 Å². The van der Waals surface area contributed by atoms with E-state index in [0.717, 1.165) is 24.2 Å². The Morgan fingerprint density at radius 2 is 1.94 bits per heavy atom. The van der Waals surface area contributed by atoms with Crippen LogP contribution in [0.4, 0.5) is 5.69 Å². The predicted molar refractivity (Wildman–Crippen MR) is 74.1 cm³/mol. The quantitative estimate of drug-likeness (QED) is 0.815. The van der Waals surface area contributed by atoms with Crippen molar-refractivity contribution >= 4 is 11.6 Å². The molecule has 1 aliphatic rings. The summed E-state index contributed by atoms with van der Waals surface area (Å²) < 4.78 is 0. The molecule has 3 nitrogen and oxygen atoms in total. The van der Waals surface area contributed by atoms with Crippen molar-refractivity contribution in [3.63, 3.8) is 0 Å². The van der Waals surface area contributed by atoms with Crippen LogP contribution in [0.1, 0.15) is 32.3 Å². The highest BCUT2D eigenvalue weighted by Gasteiger charge is 2.26. The molecule has 1 aliphatic heterocycles. The van der Waals surface area contributed by atoms with Crippen molar-refractivity contribution in [1.29, 1.82) is 0 Å². The second kappa shape index (κ2) is 5.42. The van der Waals surface area contributed by atoms with Gasteiger partial charge in [0, 0.05) is 18.3 Å². The Balaban J connectivity index is 2.00. The van der Waals surface area contributed by atoms with Gasteiger partial charge in [-0.25, -0.2) is 0 Å². The Kier molecular flexibility index (Phi) is 3.90. The van der Waals surface area contributed by atoms with E-state index >= 15 is 0 Å². The van der Waals surface area contributed by atoms with Crippen LogP contribution < -0.4 is 5.73 Å². The van der Waals surface area contributed by atoms with Crippen molar-refractivity contribution < 1.29 is 4.79 Å². The molecular weight excluding hydrogens is 224 g/mol. The summed E-state index contributed by atoms with van der Waals surface area (Å²) in [6, 6.07) is 7.95. The topological polar surface area (TPSA) is 46.3 Å². The van der Waals surface area contributed by atoms with Gasteiger partial charge in [-0.05, 0) is 43.4 Å². The molecule has 1 heterocycles. The Morgan fingerprint density at radius 1 is 1.28 bits per heavy atom. The van der Waals surface area contributed by atoms with E-state index in [9.17, 15) is 4.79 Å². The van der Waals surface area contributed by atoms with Gasteiger partial charge in [0.1, 0.15) is 0 Å². The Hall–Kier alpha value is -1.51. The first kappa shape index (κ1) is 12.9. The highest BCUT2D eigenvalue weighted by atomic mass is 16.2. The molecule has 2 N–H and O–H groups in total. The fraction of sp³-hybridized carbons (Fsp3) is 0.533. The third kappa shape index (κ3) is 3.03. The van der Waals surface area contributed by atoms with E-state index in [4.69, 9.17) is 5.73 Å². The molecule has 1 aromatic rings. The van der Waals surface area contributed by atoms with Gasteiger partial charge < -0.3 is 10.6 Å². The van der Waals surface area contributed by atoms with Crippen LogP contribution in [0.25, 0.3) is 0 Å². The summed E-state index contributed by atoms with van der Waals surface area (Å²) in [5.41, 5.74) is 7.43. The van der Waals surface area contributed by atoms with E-state index in [2.05, 4.69) is 13.8 Å². The van der Waals surface area contributed by atoms with Gasteiger partial charge in [-0.3, -0.25) is 4.79 Å². The van der Waals surface area contributed by atoms with Gasteiger partial charge in [-0.2, -0.15) is 0 Å². The molecular formula is C15H22N2O. The van der Waals surface area contributed by atoms with Crippen molar-refractivity contribution in [2.24, 2.45) is 5.92 Å². The monoisotopic (exact) mass is 246 g/mol. The minimum Gasteiger partial charge on any atom is -0.399 e. The van der Waals surface area contributed by atoms with E-state index in [0.29, 0.717) is 18.4 Å². The molecule has 0 aromatic heterocycles. The number of likely N-dealkylation sites (tertiary alicyclic amines) is 1. The summed E-state index contributed by atoms with van der Waals surface area (Å²) in [6.45, 7) is 5.26. The van der Waals surface area contributed by atoms with Gasteiger partial charge in [0.25, 0.3) is 0 Å². The second-order valence-corrected chi connectivity index (χ2v) is 5.50. The van der Waals surface area contributed by atoms with Gasteiger partial charge in [-0.1, -0.05) is 19.1 Å². The standard InChI is InChI=1S/C15H22N2O/c1-11-3-4-12(2)17(10-11)15(18)9-13-5-7-14(16)8-6-13/h5-8,11-12H,3-4,9-10,16H2,1-2H3. The minimum absolute atomic E-state index is 0.235. The van der Waals surface area contributed by atoms with E-state index in [-0.39, 0.29) is 5.91 Å². The van der Waals surface area contributed by atoms with Crippen LogP contribution in [-0.2, 0) is 11.2 Å². The molecule has 0 aliphatic carbocycles. The molecule has 0 radical (unpaired) electrons. The summed E-state index contributed by atoms with van der Waals surface area (Å²) >= 11 is 0. The van der Waals surface area contributed by atoms with E-state index in [1.807, 2.05) is 29.2 Å². The molecule has 3 heteroatoms. The lowest BCUT2D eigenvalue weighted by Crippen LogP contribution is -2.45. The lowest BCUT2D eigenvalue weighted by molar-refractivity contribution is -0.134. The number of amides is 1. The zero-order valence-corrected chi connectivity index (χ0v) is 11.2. The lowest BCUT2D eigenvalue weighted by Gasteiger charge is -2.37. The van der Waals surface area contributed by atoms with Crippen molar-refractivity contribution in [1.82, 2.24) is 4.90 Å². The van der Waals surface area contributed by atoms with Crippen LogP contribution in [0.2, 0.25) is 0 Å². The van der Waals surface area contributed by atoms with Gasteiger partial charge in [0.2, 0.25) is 5.91 Å². The summed E-state index contributed by atoms with van der Waals surface area (Å²) in [5.74, 6) is 0.857. The van der Waals surface area contributed by atoms with Crippen LogP contribution >= 0.6 is 0 Å². The first-order chi connectivity index (χ1) is 8.56. The first-order valence-corrected chi connectivity index (χ1v) is 6.70. The number of hydrogen-bond donors (Lipinski definition) is 1. The number of piperidine rings is 1. The maximum absolute atomic E-state index is 12.3. The average molecular weight is 246 g/mol. The molecule has 2 atom stereocenters. The van der Waals surface area contributed by atoms with Crippen molar-refractivity contribution in [2.45, 2.75) is 39.2 Å². The summed E-state index contributed by atoms with van der Waals surface area (Å²) in [4.78, 5) is 14.3. The fourth-order valence-electron chi connectivity index (χ4n) is 2.55. The zero-order chi connectivity index (χ0) is 13.1. The molecule has 0 bridgehead atoms. The smallest absolute Gasteiger partial charge is 0.227 e. The van der Waals surface area contributed by atoms with Crippen LogP contribution in [0.15, 0.2) is 24.3 Å². The zero-order valence-electron chi connectivity index (χ0n) is 11.2. The van der Waals surface area contributed by atoms with Crippen molar-refractivity contribution in [2.75, 3.05) is 12.3 Å². The predicted octanol–water partition coefficient (Wildman–Crippen LogP) is 2.46. The average Bonchev–Trinajstić information content (AvgIpc) is 2.35. The third-order valence-corrected chi connectivity index (χ3v) is 3.77. The molecule has 0 spiro atoms. The first-order valence-electron chi connectivity index (χ1n) is 6.70. The molecule has 1 fully saturated rings. The number of rotatable bonds is 2. The molecule has 0 saturated carbocycles. The number of hydrogen-bond acceptors (Lipinski definition) is 2. The SMILES string of the molecule is CC1CCC(C)N(C(=O)Cc2ccc(N)cc2)C1. The second-order valence-electron chi connectivity index (χ2n) is 5.50. The van der Waals surface area contributed by atoms with Crippen LogP contribution in [-0.4, -0.2) is 23.4 Å². The molecule has 98 valence electrons. The largest absolute Gasteiger partial charge is 0.399 e. The van der Waals surface area contributed by atoms with E-state index in [1.54, 1.807) is 0 Å². The minimum atomic E-state index is 0.235. The number of nitrogens with two attached hydrogens (primary N) is 1. The van der Waals surface area contributed by atoms with Gasteiger partial charge >= 0.3 is 0 Å². The van der Waals surface area contributed by atoms with Crippen molar-refractivity contribution in [3.05, 3.63) is 29.8 Å². The number of benzene rings is 1. The Bertz CT molecular complexity index is 413. The van der Waals surface area contributed by atoms with Crippen LogP contribution in [0, 0.1) is 5.92 Å². The molecule has 18 heavy (non-hydrogen) atoms.